The van der Waals surface area contributed by atoms with E-state index in [2.05, 4.69) is 31.9 Å². The van der Waals surface area contributed by atoms with Crippen molar-refractivity contribution in [3.63, 3.8) is 0 Å². The van der Waals surface area contributed by atoms with E-state index in [-0.39, 0.29) is 6.03 Å². The number of fused-ring (bicyclic) bond motifs is 1. The Hall–Kier alpha value is -3.66. The van der Waals surface area contributed by atoms with Gasteiger partial charge in [0, 0.05) is 37.6 Å². The van der Waals surface area contributed by atoms with Crippen LogP contribution in [-0.4, -0.2) is 55.4 Å². The summed E-state index contributed by atoms with van der Waals surface area (Å²) >= 11 is 1.61. The average molecular weight is 504 g/mol. The van der Waals surface area contributed by atoms with Crippen LogP contribution in [0.3, 0.4) is 0 Å². The van der Waals surface area contributed by atoms with Crippen molar-refractivity contribution in [1.82, 2.24) is 9.88 Å². The van der Waals surface area contributed by atoms with Crippen molar-refractivity contribution in [1.29, 1.82) is 0 Å². The molecular formula is C27H29N5O3S. The minimum absolute atomic E-state index is 0.272. The highest BCUT2D eigenvalue weighted by Gasteiger charge is 2.10. The first-order chi connectivity index (χ1) is 17.7. The van der Waals surface area contributed by atoms with Crippen LogP contribution in [0.2, 0.25) is 0 Å². The second-order valence-electron chi connectivity index (χ2n) is 8.45. The number of hydrogen-bond acceptors (Lipinski definition) is 7. The van der Waals surface area contributed by atoms with Crippen LogP contribution in [0.25, 0.3) is 10.2 Å². The number of nitrogens with zero attached hydrogens (tertiary/aromatic N) is 2. The van der Waals surface area contributed by atoms with Crippen molar-refractivity contribution in [2.75, 3.05) is 55.4 Å². The maximum absolute atomic E-state index is 12.2. The minimum atomic E-state index is -0.272. The molecule has 0 saturated carbocycles. The van der Waals surface area contributed by atoms with Gasteiger partial charge in [-0.05, 0) is 48.0 Å². The number of anilines is 3. The topological polar surface area (TPSA) is 87.8 Å². The molecule has 5 rings (SSSR count). The number of morpholine rings is 1. The highest BCUT2D eigenvalue weighted by molar-refractivity contribution is 7.22. The monoisotopic (exact) mass is 503 g/mol. The van der Waals surface area contributed by atoms with Gasteiger partial charge in [0.05, 0.1) is 23.4 Å². The molecule has 0 spiro atoms. The molecule has 0 bridgehead atoms. The molecule has 36 heavy (non-hydrogen) atoms. The zero-order valence-electron chi connectivity index (χ0n) is 19.9. The Bertz CT molecular complexity index is 1270. The lowest BCUT2D eigenvalue weighted by atomic mass is 10.2. The maximum Gasteiger partial charge on any atom is 0.323 e. The van der Waals surface area contributed by atoms with Crippen molar-refractivity contribution >= 4 is 44.1 Å². The summed E-state index contributed by atoms with van der Waals surface area (Å²) in [6.45, 7) is 5.74. The molecule has 1 aromatic heterocycles. The van der Waals surface area contributed by atoms with Crippen LogP contribution in [0, 0.1) is 0 Å². The zero-order valence-corrected chi connectivity index (χ0v) is 20.7. The van der Waals surface area contributed by atoms with Crippen molar-refractivity contribution in [2.45, 2.75) is 6.54 Å². The standard InChI is InChI=1S/C27H29N5O3S/c33-26(29-21-4-2-1-3-5-21)30-22-8-6-20(7-9-22)19-28-27-31-24-11-10-23(18-25(24)36-27)35-17-14-32-12-15-34-16-13-32/h1-11,18H,12-17,19H2,(H,28,31)(H2,29,30,33). The molecule has 0 radical (unpaired) electrons. The van der Waals surface area contributed by atoms with E-state index < -0.39 is 0 Å². The van der Waals surface area contributed by atoms with E-state index in [0.29, 0.717) is 13.2 Å². The predicted octanol–water partition coefficient (Wildman–Crippen LogP) is 5.26. The van der Waals surface area contributed by atoms with Crippen molar-refractivity contribution in [2.24, 2.45) is 0 Å². The smallest absolute Gasteiger partial charge is 0.323 e. The fourth-order valence-corrected chi connectivity index (χ4v) is 4.78. The van der Waals surface area contributed by atoms with Gasteiger partial charge < -0.3 is 25.4 Å². The van der Waals surface area contributed by atoms with Gasteiger partial charge >= 0.3 is 6.03 Å². The molecule has 1 saturated heterocycles. The molecule has 3 N–H and O–H groups in total. The Kier molecular flexibility index (Phi) is 7.92. The second kappa shape index (κ2) is 11.9. The summed E-state index contributed by atoms with van der Waals surface area (Å²) in [5, 5.41) is 9.91. The number of amides is 2. The molecule has 186 valence electrons. The third-order valence-corrected chi connectivity index (χ3v) is 6.80. The zero-order chi connectivity index (χ0) is 24.6. The largest absolute Gasteiger partial charge is 0.492 e. The number of thiazole rings is 1. The molecule has 1 aliphatic heterocycles. The first-order valence-electron chi connectivity index (χ1n) is 12.0. The lowest BCUT2D eigenvalue weighted by Gasteiger charge is -2.26. The number of para-hydroxylation sites is 1. The first-order valence-corrected chi connectivity index (χ1v) is 12.8. The van der Waals surface area contributed by atoms with Crippen molar-refractivity contribution in [3.8, 4) is 5.75 Å². The number of carbonyl (C=O) groups is 1. The Balaban J connectivity index is 1.10. The number of hydrogen-bond donors (Lipinski definition) is 3. The second-order valence-corrected chi connectivity index (χ2v) is 9.48. The summed E-state index contributed by atoms with van der Waals surface area (Å²) in [7, 11) is 0. The predicted molar refractivity (Wildman–Crippen MR) is 145 cm³/mol. The Morgan fingerprint density at radius 1 is 0.972 bits per heavy atom. The quantitative estimate of drug-likeness (QED) is 0.289. The number of carbonyl (C=O) groups excluding carboxylic acids is 1. The van der Waals surface area contributed by atoms with Crippen LogP contribution in [0.4, 0.5) is 21.3 Å². The fraction of sp³-hybridized carbons (Fsp3) is 0.259. The number of benzene rings is 3. The van der Waals surface area contributed by atoms with Crippen molar-refractivity contribution in [3.05, 3.63) is 78.4 Å². The summed E-state index contributed by atoms with van der Waals surface area (Å²) in [6, 6.07) is 22.9. The van der Waals surface area contributed by atoms with Gasteiger partial charge in [-0.3, -0.25) is 4.90 Å². The van der Waals surface area contributed by atoms with Crippen molar-refractivity contribution < 1.29 is 14.3 Å². The number of rotatable bonds is 9. The Labute approximate surface area is 214 Å². The van der Waals surface area contributed by atoms with E-state index in [1.54, 1.807) is 11.3 Å². The SMILES string of the molecule is O=C(Nc1ccccc1)Nc1ccc(CNc2nc3ccc(OCCN4CCOCC4)cc3s2)cc1. The number of nitrogens with one attached hydrogen (secondary N) is 3. The van der Waals surface area contributed by atoms with E-state index in [1.807, 2.05) is 66.7 Å². The normalized spacial score (nSPS) is 13.9. The molecule has 0 aliphatic carbocycles. The van der Waals surface area contributed by atoms with Gasteiger partial charge in [-0.1, -0.05) is 41.7 Å². The molecule has 9 heteroatoms. The molecule has 2 heterocycles. The van der Waals surface area contributed by atoms with Gasteiger partial charge in [0.1, 0.15) is 12.4 Å². The third-order valence-electron chi connectivity index (χ3n) is 5.83. The highest BCUT2D eigenvalue weighted by Crippen LogP contribution is 2.29. The first kappa shape index (κ1) is 24.1. The van der Waals surface area contributed by atoms with Crippen LogP contribution >= 0.6 is 11.3 Å². The fourth-order valence-electron chi connectivity index (χ4n) is 3.89. The summed E-state index contributed by atoms with van der Waals surface area (Å²) in [6.07, 6.45) is 0. The molecule has 8 nitrogen and oxygen atoms in total. The molecule has 1 aliphatic rings. The summed E-state index contributed by atoms with van der Waals surface area (Å²) < 4.78 is 12.4. The summed E-state index contributed by atoms with van der Waals surface area (Å²) in [5.41, 5.74) is 3.52. The molecular weight excluding hydrogens is 474 g/mol. The minimum Gasteiger partial charge on any atom is -0.492 e. The van der Waals surface area contributed by atoms with E-state index in [1.165, 1.54) is 0 Å². The van der Waals surface area contributed by atoms with E-state index >= 15 is 0 Å². The summed E-state index contributed by atoms with van der Waals surface area (Å²) in [5.74, 6) is 0.866. The summed E-state index contributed by atoms with van der Waals surface area (Å²) in [4.78, 5) is 19.2. The van der Waals surface area contributed by atoms with E-state index in [0.717, 1.165) is 70.9 Å². The molecule has 3 aromatic carbocycles. The van der Waals surface area contributed by atoms with Crippen LogP contribution in [0.1, 0.15) is 5.56 Å². The lowest BCUT2D eigenvalue weighted by molar-refractivity contribution is 0.0322. The number of urea groups is 1. The van der Waals surface area contributed by atoms with Gasteiger partial charge in [0.2, 0.25) is 0 Å². The number of ether oxygens (including phenoxy) is 2. The lowest BCUT2D eigenvalue weighted by Crippen LogP contribution is -2.38. The van der Waals surface area contributed by atoms with Gasteiger partial charge in [0.25, 0.3) is 0 Å². The molecule has 0 unspecified atom stereocenters. The third kappa shape index (κ3) is 6.72. The van der Waals surface area contributed by atoms with Gasteiger partial charge in [0.15, 0.2) is 5.13 Å². The van der Waals surface area contributed by atoms with Gasteiger partial charge in [-0.2, -0.15) is 0 Å². The van der Waals surface area contributed by atoms with E-state index in [4.69, 9.17) is 9.47 Å². The highest BCUT2D eigenvalue weighted by atomic mass is 32.1. The number of aromatic nitrogens is 1. The van der Waals surface area contributed by atoms with Crippen LogP contribution in [0.5, 0.6) is 5.75 Å². The van der Waals surface area contributed by atoms with Crippen LogP contribution < -0.4 is 20.7 Å². The van der Waals surface area contributed by atoms with Crippen LogP contribution in [0.15, 0.2) is 72.8 Å². The van der Waals surface area contributed by atoms with Gasteiger partial charge in [-0.15, -0.1) is 0 Å². The molecule has 1 fully saturated rings. The molecule has 0 atom stereocenters. The maximum atomic E-state index is 12.2. The van der Waals surface area contributed by atoms with Crippen LogP contribution in [-0.2, 0) is 11.3 Å². The molecule has 2 amide bonds. The molecule has 4 aromatic rings. The Morgan fingerprint density at radius 2 is 1.72 bits per heavy atom. The van der Waals surface area contributed by atoms with Gasteiger partial charge in [-0.25, -0.2) is 9.78 Å². The van der Waals surface area contributed by atoms with E-state index in [9.17, 15) is 4.79 Å². The Morgan fingerprint density at radius 3 is 2.50 bits per heavy atom. The average Bonchev–Trinajstić information content (AvgIpc) is 3.32.